The number of pyridine rings is 1. The van der Waals surface area contributed by atoms with Gasteiger partial charge in [-0.05, 0) is 47.5 Å². The third-order valence-corrected chi connectivity index (χ3v) is 9.26. The van der Waals surface area contributed by atoms with Gasteiger partial charge < -0.3 is 0 Å². The summed E-state index contributed by atoms with van der Waals surface area (Å²) in [7, 11) is -7.56. The third kappa shape index (κ3) is 7.35. The lowest BCUT2D eigenvalue weighted by Gasteiger charge is -2.22. The lowest BCUT2D eigenvalue weighted by molar-refractivity contribution is 0.102. The number of halogens is 1. The summed E-state index contributed by atoms with van der Waals surface area (Å²) < 4.78 is 53.3. The minimum atomic E-state index is -3.91. The number of carbonyl (C=O) groups is 1. The molecule has 0 aliphatic heterocycles. The number of carbonyl (C=O) groups excluding carboxylic acids is 1. The number of hydrogen-bond acceptors (Lipinski definition) is 6. The van der Waals surface area contributed by atoms with Crippen molar-refractivity contribution < 1.29 is 21.6 Å². The molecule has 0 bridgehead atoms. The molecule has 0 N–H and O–H groups in total. The molecule has 4 rings (SSSR count). The molecule has 0 unspecified atom stereocenters. The Balaban J connectivity index is 1.51. The van der Waals surface area contributed by atoms with Crippen LogP contribution in [0.3, 0.4) is 0 Å². The van der Waals surface area contributed by atoms with Crippen molar-refractivity contribution >= 4 is 37.2 Å². The van der Waals surface area contributed by atoms with Crippen molar-refractivity contribution in [2.75, 3.05) is 5.75 Å². The summed E-state index contributed by atoms with van der Waals surface area (Å²) in [6.45, 7) is 0.0481. The van der Waals surface area contributed by atoms with Gasteiger partial charge in [-0.3, -0.25) is 9.78 Å². The Kier molecular flexibility index (Phi) is 8.73. The largest absolute Gasteiger partial charge is 0.293 e. The number of nitrogens with zero attached hydrogens (tertiary/aromatic N) is 2. The molecule has 0 saturated carbocycles. The normalized spacial score (nSPS) is 11.9. The van der Waals surface area contributed by atoms with Crippen molar-refractivity contribution in [3.8, 4) is 0 Å². The van der Waals surface area contributed by atoms with E-state index in [4.69, 9.17) is 11.6 Å². The molecule has 7 nitrogen and oxygen atoms in total. The molecule has 0 aliphatic rings. The molecule has 0 saturated heterocycles. The Bertz CT molecular complexity index is 1590. The van der Waals surface area contributed by atoms with E-state index in [0.29, 0.717) is 21.8 Å². The van der Waals surface area contributed by atoms with Crippen LogP contribution in [0.25, 0.3) is 0 Å². The second-order valence-electron chi connectivity index (χ2n) is 8.69. The summed E-state index contributed by atoms with van der Waals surface area (Å²) in [6.07, 6.45) is 1.59. The fraction of sp³-hybridized carbons (Fsp3) is 0.143. The summed E-state index contributed by atoms with van der Waals surface area (Å²) >= 11 is 5.94. The predicted octanol–water partition coefficient (Wildman–Crippen LogP) is 4.92. The van der Waals surface area contributed by atoms with Crippen LogP contribution in [-0.2, 0) is 38.7 Å². The highest BCUT2D eigenvalue weighted by Gasteiger charge is 2.26. The quantitative estimate of drug-likeness (QED) is 0.238. The molecule has 10 heteroatoms. The van der Waals surface area contributed by atoms with E-state index in [-0.39, 0.29) is 29.3 Å². The van der Waals surface area contributed by atoms with Gasteiger partial charge in [0.05, 0.1) is 22.9 Å². The average Bonchev–Trinajstić information content (AvgIpc) is 2.89. The van der Waals surface area contributed by atoms with Crippen LogP contribution >= 0.6 is 11.6 Å². The minimum absolute atomic E-state index is 0.0162. The van der Waals surface area contributed by atoms with Crippen molar-refractivity contribution in [1.29, 1.82) is 0 Å². The van der Waals surface area contributed by atoms with E-state index in [1.54, 1.807) is 66.9 Å². The number of ketones is 1. The van der Waals surface area contributed by atoms with Gasteiger partial charge in [-0.15, -0.1) is 0 Å². The van der Waals surface area contributed by atoms with Gasteiger partial charge in [0.15, 0.2) is 15.6 Å². The molecular weight excluding hydrogens is 544 g/mol. The summed E-state index contributed by atoms with van der Waals surface area (Å²) in [4.78, 5) is 17.0. The molecule has 1 heterocycles. The van der Waals surface area contributed by atoms with Gasteiger partial charge in [0, 0.05) is 23.3 Å². The number of sulfone groups is 1. The van der Waals surface area contributed by atoms with E-state index < -0.39 is 31.4 Å². The summed E-state index contributed by atoms with van der Waals surface area (Å²) in [5.74, 6) is -1.35. The summed E-state index contributed by atoms with van der Waals surface area (Å²) in [5, 5.41) is 0.422. The molecule has 196 valence electrons. The molecule has 0 radical (unpaired) electrons. The van der Waals surface area contributed by atoms with Crippen molar-refractivity contribution in [3.05, 3.63) is 131 Å². The van der Waals surface area contributed by atoms with Gasteiger partial charge in [-0.25, -0.2) is 16.8 Å². The number of hydrogen-bond donors (Lipinski definition) is 0. The first-order valence-corrected chi connectivity index (χ1v) is 15.3. The molecule has 3 aromatic carbocycles. The number of benzene rings is 3. The van der Waals surface area contributed by atoms with Crippen molar-refractivity contribution in [1.82, 2.24) is 9.29 Å². The second kappa shape index (κ2) is 12.0. The Morgan fingerprint density at radius 1 is 0.737 bits per heavy atom. The summed E-state index contributed by atoms with van der Waals surface area (Å²) in [6, 6.07) is 26.2. The van der Waals surface area contributed by atoms with E-state index in [0.717, 1.165) is 0 Å². The Morgan fingerprint density at radius 2 is 1.39 bits per heavy atom. The summed E-state index contributed by atoms with van der Waals surface area (Å²) in [5.41, 5.74) is 2.05. The van der Waals surface area contributed by atoms with Crippen LogP contribution in [0.4, 0.5) is 0 Å². The first-order chi connectivity index (χ1) is 18.1. The molecule has 0 atom stereocenters. The monoisotopic (exact) mass is 568 g/mol. The van der Waals surface area contributed by atoms with E-state index in [1.807, 2.05) is 0 Å². The van der Waals surface area contributed by atoms with Crippen LogP contribution in [-0.4, -0.2) is 37.7 Å². The van der Waals surface area contributed by atoms with Crippen molar-refractivity contribution in [2.24, 2.45) is 0 Å². The highest BCUT2D eigenvalue weighted by atomic mass is 35.5. The maximum absolute atomic E-state index is 13.5. The first kappa shape index (κ1) is 27.7. The zero-order chi connectivity index (χ0) is 27.2. The average molecular weight is 569 g/mol. The number of sulfonamides is 1. The van der Waals surface area contributed by atoms with Gasteiger partial charge in [0.1, 0.15) is 5.75 Å². The van der Waals surface area contributed by atoms with Crippen LogP contribution in [0.15, 0.2) is 108 Å². The Hall–Kier alpha value is -3.37. The minimum Gasteiger partial charge on any atom is -0.293 e. The van der Waals surface area contributed by atoms with E-state index >= 15 is 0 Å². The highest BCUT2D eigenvalue weighted by Crippen LogP contribution is 2.23. The fourth-order valence-electron chi connectivity index (χ4n) is 3.82. The SMILES string of the molecule is O=C(CS(=O)(=O)Cc1ccccc1)c1ccc(CN(Cc2ccccn2)S(=O)(=O)c2ccc(Cl)cc2)cc1. The molecule has 0 aliphatic carbocycles. The molecule has 0 spiro atoms. The third-order valence-electron chi connectivity index (χ3n) is 5.73. The molecule has 1 aromatic heterocycles. The van der Waals surface area contributed by atoms with Crippen molar-refractivity contribution in [3.63, 3.8) is 0 Å². The van der Waals surface area contributed by atoms with Gasteiger partial charge in [0.2, 0.25) is 10.0 Å². The van der Waals surface area contributed by atoms with Crippen LogP contribution in [0, 0.1) is 0 Å². The van der Waals surface area contributed by atoms with Crippen LogP contribution < -0.4 is 0 Å². The topological polar surface area (TPSA) is 101 Å². The Labute approximate surface area is 227 Å². The fourth-order valence-corrected chi connectivity index (χ4v) is 6.71. The second-order valence-corrected chi connectivity index (χ2v) is 13.1. The van der Waals surface area contributed by atoms with Crippen LogP contribution in [0.5, 0.6) is 0 Å². The zero-order valence-electron chi connectivity index (χ0n) is 20.3. The van der Waals surface area contributed by atoms with E-state index in [2.05, 4.69) is 4.98 Å². The zero-order valence-corrected chi connectivity index (χ0v) is 22.7. The standard InChI is InChI=1S/C28H25ClN2O5S2/c29-25-13-15-27(16-14-25)38(35,36)31(19-26-8-4-5-17-30-26)18-22-9-11-24(12-10-22)28(32)21-37(33,34)20-23-6-2-1-3-7-23/h1-17H,18-21H2. The lowest BCUT2D eigenvalue weighted by atomic mass is 10.1. The van der Waals surface area contributed by atoms with Crippen LogP contribution in [0.2, 0.25) is 5.02 Å². The molecule has 0 amide bonds. The lowest BCUT2D eigenvalue weighted by Crippen LogP contribution is -2.30. The maximum atomic E-state index is 13.5. The van der Waals surface area contributed by atoms with Gasteiger partial charge in [-0.1, -0.05) is 72.3 Å². The van der Waals surface area contributed by atoms with Crippen LogP contribution in [0.1, 0.15) is 27.2 Å². The first-order valence-electron chi connectivity index (χ1n) is 11.6. The number of aromatic nitrogens is 1. The van der Waals surface area contributed by atoms with Gasteiger partial charge >= 0.3 is 0 Å². The van der Waals surface area contributed by atoms with E-state index in [9.17, 15) is 21.6 Å². The molecular formula is C28H25ClN2O5S2. The highest BCUT2D eigenvalue weighted by molar-refractivity contribution is 7.91. The smallest absolute Gasteiger partial charge is 0.243 e. The van der Waals surface area contributed by atoms with Crippen molar-refractivity contribution in [2.45, 2.75) is 23.7 Å². The molecule has 4 aromatic rings. The maximum Gasteiger partial charge on any atom is 0.243 e. The van der Waals surface area contributed by atoms with E-state index in [1.165, 1.54) is 40.7 Å². The van der Waals surface area contributed by atoms with Gasteiger partial charge in [0.25, 0.3) is 0 Å². The molecule has 38 heavy (non-hydrogen) atoms. The number of Topliss-reactive ketones (excluding diaryl/α,β-unsaturated/α-hetero) is 1. The predicted molar refractivity (Wildman–Crippen MR) is 147 cm³/mol. The Morgan fingerprint density at radius 3 is 2.03 bits per heavy atom. The van der Waals surface area contributed by atoms with Gasteiger partial charge in [-0.2, -0.15) is 4.31 Å². The molecule has 0 fully saturated rings. The number of rotatable bonds is 11.